The molecule has 0 saturated carbocycles. The largest absolute Gasteiger partial charge is 0.338 e. The quantitative estimate of drug-likeness (QED) is 0.464. The molecule has 1 fully saturated rings. The molecule has 0 spiro atoms. The van der Waals surface area contributed by atoms with E-state index in [1.165, 1.54) is 0 Å². The number of hydrogen-bond acceptors (Lipinski definition) is 4. The predicted octanol–water partition coefficient (Wildman–Crippen LogP) is 3.95. The minimum Gasteiger partial charge on any atom is -0.338 e. The summed E-state index contributed by atoms with van der Waals surface area (Å²) in [5.74, 6) is 1.13. The Morgan fingerprint density at radius 2 is 1.88 bits per heavy atom. The Labute approximate surface area is 187 Å². The topological polar surface area (TPSA) is 68.3 Å². The normalized spacial score (nSPS) is 16.8. The lowest BCUT2D eigenvalue weighted by atomic mass is 9.97. The van der Waals surface area contributed by atoms with Crippen LogP contribution in [0.2, 0.25) is 0 Å². The lowest BCUT2D eigenvalue weighted by Gasteiger charge is -2.31. The van der Waals surface area contributed by atoms with Crippen LogP contribution < -0.4 is 0 Å². The first-order valence-corrected chi connectivity index (χ1v) is 11.0. The van der Waals surface area contributed by atoms with Crippen LogP contribution in [0.5, 0.6) is 0 Å². The van der Waals surface area contributed by atoms with E-state index in [2.05, 4.69) is 15.3 Å². The molecule has 1 saturated heterocycles. The van der Waals surface area contributed by atoms with Crippen LogP contribution in [0, 0.1) is 13.8 Å². The van der Waals surface area contributed by atoms with Gasteiger partial charge in [0.05, 0.1) is 11.4 Å². The first kappa shape index (κ1) is 20.2. The van der Waals surface area contributed by atoms with Crippen molar-refractivity contribution in [1.82, 2.24) is 29.3 Å². The number of aromatic nitrogens is 5. The minimum atomic E-state index is 0.0229. The Morgan fingerprint density at radius 1 is 1.06 bits per heavy atom. The molecule has 5 rings (SSSR count). The van der Waals surface area contributed by atoms with Crippen molar-refractivity contribution >= 4 is 17.6 Å². The lowest BCUT2D eigenvalue weighted by Crippen LogP contribution is -2.38. The number of rotatable bonds is 4. The number of aryl methyl sites for hydroxylation is 1. The number of para-hydroxylation sites is 1. The predicted molar refractivity (Wildman–Crippen MR) is 124 cm³/mol. The van der Waals surface area contributed by atoms with E-state index in [1.807, 2.05) is 88.6 Å². The molecular weight excluding hydrogens is 400 g/mol. The highest BCUT2D eigenvalue weighted by molar-refractivity contribution is 5.92. The first-order chi connectivity index (χ1) is 15.6. The number of amides is 1. The van der Waals surface area contributed by atoms with Crippen LogP contribution in [0.3, 0.4) is 0 Å². The molecular formula is C25H26N6O. The van der Waals surface area contributed by atoms with Crippen molar-refractivity contribution in [2.24, 2.45) is 0 Å². The molecule has 0 N–H and O–H groups in total. The Hall–Kier alpha value is -3.74. The molecule has 3 aromatic heterocycles. The van der Waals surface area contributed by atoms with E-state index < -0.39 is 0 Å². The monoisotopic (exact) mass is 426 g/mol. The smallest absolute Gasteiger partial charge is 0.246 e. The van der Waals surface area contributed by atoms with E-state index in [-0.39, 0.29) is 11.8 Å². The Balaban J connectivity index is 1.33. The van der Waals surface area contributed by atoms with Gasteiger partial charge >= 0.3 is 0 Å². The summed E-state index contributed by atoms with van der Waals surface area (Å²) in [4.78, 5) is 14.9. The van der Waals surface area contributed by atoms with Crippen LogP contribution in [0.4, 0.5) is 0 Å². The third kappa shape index (κ3) is 3.70. The van der Waals surface area contributed by atoms with Gasteiger partial charge in [-0.25, -0.2) is 4.68 Å². The van der Waals surface area contributed by atoms with Gasteiger partial charge in [0, 0.05) is 42.5 Å². The van der Waals surface area contributed by atoms with E-state index in [4.69, 9.17) is 0 Å². The number of likely N-dealkylation sites (tertiary alicyclic amines) is 1. The van der Waals surface area contributed by atoms with E-state index in [0.29, 0.717) is 6.54 Å². The molecule has 4 heterocycles. The second-order valence-electron chi connectivity index (χ2n) is 8.28. The molecule has 32 heavy (non-hydrogen) atoms. The molecule has 0 bridgehead atoms. The second kappa shape index (κ2) is 8.42. The molecule has 1 aliphatic heterocycles. The van der Waals surface area contributed by atoms with Crippen molar-refractivity contribution in [3.63, 3.8) is 0 Å². The standard InChI is InChI=1S/C25H26N6O/c1-18-22(19(2)31(28-18)21-10-4-3-5-11-21)13-14-24(32)29-15-8-9-20(17-29)25-27-26-23-12-6-7-16-30(23)25/h3-7,10-14,16,20H,8-9,15,17H2,1-2H3/b14-13+. The average Bonchev–Trinajstić information content (AvgIpc) is 3.39. The second-order valence-corrected chi connectivity index (χ2v) is 8.28. The van der Waals surface area contributed by atoms with Crippen LogP contribution in [0.1, 0.15) is 41.5 Å². The zero-order chi connectivity index (χ0) is 22.1. The third-order valence-corrected chi connectivity index (χ3v) is 6.18. The maximum Gasteiger partial charge on any atom is 0.246 e. The number of benzene rings is 1. The Kier molecular flexibility index (Phi) is 5.31. The summed E-state index contributed by atoms with van der Waals surface area (Å²) in [5, 5.41) is 13.3. The Morgan fingerprint density at radius 3 is 2.72 bits per heavy atom. The highest BCUT2D eigenvalue weighted by Crippen LogP contribution is 2.26. The van der Waals surface area contributed by atoms with Gasteiger partial charge in [0.25, 0.3) is 0 Å². The molecule has 1 aliphatic rings. The molecule has 1 amide bonds. The molecule has 1 aromatic carbocycles. The van der Waals surface area contributed by atoms with E-state index in [1.54, 1.807) is 6.08 Å². The average molecular weight is 427 g/mol. The van der Waals surface area contributed by atoms with Gasteiger partial charge in [0.1, 0.15) is 5.82 Å². The molecule has 7 heteroatoms. The fourth-order valence-electron chi connectivity index (χ4n) is 4.50. The maximum atomic E-state index is 13.0. The molecule has 7 nitrogen and oxygen atoms in total. The number of pyridine rings is 1. The summed E-state index contributed by atoms with van der Waals surface area (Å²) in [7, 11) is 0. The van der Waals surface area contributed by atoms with Gasteiger partial charge in [-0.1, -0.05) is 24.3 Å². The summed E-state index contributed by atoms with van der Waals surface area (Å²) in [6.45, 7) is 5.42. The summed E-state index contributed by atoms with van der Waals surface area (Å²) < 4.78 is 3.95. The maximum absolute atomic E-state index is 13.0. The highest BCUT2D eigenvalue weighted by Gasteiger charge is 2.27. The van der Waals surface area contributed by atoms with Crippen LogP contribution in [-0.4, -0.2) is 48.3 Å². The molecule has 1 atom stereocenters. The molecule has 0 aliphatic carbocycles. The lowest BCUT2D eigenvalue weighted by molar-refractivity contribution is -0.127. The number of hydrogen-bond donors (Lipinski definition) is 0. The van der Waals surface area contributed by atoms with Crippen LogP contribution in [-0.2, 0) is 4.79 Å². The van der Waals surface area contributed by atoms with E-state index in [0.717, 1.165) is 53.5 Å². The Bertz CT molecular complexity index is 1290. The fraction of sp³-hybridized carbons (Fsp3) is 0.280. The zero-order valence-electron chi connectivity index (χ0n) is 18.3. The molecule has 4 aromatic rings. The van der Waals surface area contributed by atoms with Gasteiger partial charge in [-0.3, -0.25) is 9.20 Å². The molecule has 162 valence electrons. The summed E-state index contributed by atoms with van der Waals surface area (Å²) >= 11 is 0. The third-order valence-electron chi connectivity index (χ3n) is 6.18. The SMILES string of the molecule is Cc1nn(-c2ccccc2)c(C)c1/C=C/C(=O)N1CCCC(c2nnc3ccccn23)C1. The van der Waals surface area contributed by atoms with Crippen LogP contribution >= 0.6 is 0 Å². The fourth-order valence-corrected chi connectivity index (χ4v) is 4.50. The van der Waals surface area contributed by atoms with Gasteiger partial charge in [-0.2, -0.15) is 5.10 Å². The van der Waals surface area contributed by atoms with Crippen LogP contribution in [0.25, 0.3) is 17.4 Å². The highest BCUT2D eigenvalue weighted by atomic mass is 16.2. The van der Waals surface area contributed by atoms with Crippen molar-refractivity contribution in [3.05, 3.63) is 83.6 Å². The van der Waals surface area contributed by atoms with Gasteiger partial charge in [0.15, 0.2) is 5.65 Å². The molecule has 0 radical (unpaired) electrons. The molecule has 1 unspecified atom stereocenters. The van der Waals surface area contributed by atoms with Gasteiger partial charge in [-0.15, -0.1) is 10.2 Å². The number of carbonyl (C=O) groups excluding carboxylic acids is 1. The summed E-state index contributed by atoms with van der Waals surface area (Å²) in [6, 6.07) is 15.9. The first-order valence-electron chi connectivity index (χ1n) is 11.0. The zero-order valence-corrected chi connectivity index (χ0v) is 18.3. The van der Waals surface area contributed by atoms with Crippen molar-refractivity contribution in [1.29, 1.82) is 0 Å². The minimum absolute atomic E-state index is 0.0229. The number of piperidine rings is 1. The van der Waals surface area contributed by atoms with E-state index >= 15 is 0 Å². The van der Waals surface area contributed by atoms with Crippen LogP contribution in [0.15, 0.2) is 60.8 Å². The van der Waals surface area contributed by atoms with E-state index in [9.17, 15) is 4.79 Å². The van der Waals surface area contributed by atoms with Crippen molar-refractivity contribution in [2.75, 3.05) is 13.1 Å². The van der Waals surface area contributed by atoms with Crippen molar-refractivity contribution < 1.29 is 4.79 Å². The number of fused-ring (bicyclic) bond motifs is 1. The van der Waals surface area contributed by atoms with Crippen molar-refractivity contribution in [2.45, 2.75) is 32.6 Å². The number of nitrogens with zero attached hydrogens (tertiary/aromatic N) is 6. The van der Waals surface area contributed by atoms with Crippen molar-refractivity contribution in [3.8, 4) is 5.69 Å². The summed E-state index contributed by atoms with van der Waals surface area (Å²) in [6.07, 6.45) is 7.52. The van der Waals surface area contributed by atoms with Gasteiger partial charge < -0.3 is 4.90 Å². The number of carbonyl (C=O) groups is 1. The van der Waals surface area contributed by atoms with Gasteiger partial charge in [-0.05, 0) is 57.0 Å². The summed E-state index contributed by atoms with van der Waals surface area (Å²) in [5.41, 5.74) is 4.76. The van der Waals surface area contributed by atoms with Gasteiger partial charge in [0.2, 0.25) is 5.91 Å².